The molecule has 11 heavy (non-hydrogen) atoms. The number of nitrogens with zero attached hydrogens (tertiary/aromatic N) is 1. The van der Waals surface area contributed by atoms with Gasteiger partial charge in [-0.2, -0.15) is 0 Å². The maximum absolute atomic E-state index is 2.21. The summed E-state index contributed by atoms with van der Waals surface area (Å²) in [6.07, 6.45) is 0. The summed E-state index contributed by atoms with van der Waals surface area (Å²) in [5, 5.41) is 0. The molecule has 0 bridgehead atoms. The molecule has 1 radical (unpaired) electrons. The van der Waals surface area contributed by atoms with E-state index in [9.17, 15) is 0 Å². The van der Waals surface area contributed by atoms with Gasteiger partial charge in [0.1, 0.15) is 0 Å². The van der Waals surface area contributed by atoms with Crippen molar-refractivity contribution in [2.24, 2.45) is 0 Å². The Bertz CT molecular complexity index is 189. The zero-order valence-electron chi connectivity index (χ0n) is 7.12. The van der Waals surface area contributed by atoms with Crippen LogP contribution in [-0.2, 0) is 0 Å². The molecule has 0 aliphatic carbocycles. The van der Waals surface area contributed by atoms with Crippen molar-refractivity contribution in [3.05, 3.63) is 36.9 Å². The Balaban J connectivity index is 2.74. The average Bonchev–Trinajstić information content (AvgIpc) is 2.09. The highest BCUT2D eigenvalue weighted by atomic mass is 15.1. The molecule has 0 aliphatic heterocycles. The summed E-state index contributed by atoms with van der Waals surface area (Å²) in [4.78, 5) is 2.21. The predicted octanol–water partition coefficient (Wildman–Crippen LogP) is 2.69. The molecule has 0 saturated heterocycles. The van der Waals surface area contributed by atoms with Crippen molar-refractivity contribution in [3.8, 4) is 0 Å². The summed E-state index contributed by atoms with van der Waals surface area (Å²) in [7, 11) is 0. The first-order valence-corrected chi connectivity index (χ1v) is 3.99. The first kappa shape index (κ1) is 8.12. The van der Waals surface area contributed by atoms with Gasteiger partial charge in [-0.25, -0.2) is 0 Å². The number of anilines is 1. The standard InChI is InChI=1S/C10H14N/c1-3-11(4-2)10-8-6-5-7-9-10/h3,5-9H,4H2,1-2H3. The zero-order valence-corrected chi connectivity index (χ0v) is 7.12. The van der Waals surface area contributed by atoms with Crippen LogP contribution in [0.15, 0.2) is 30.3 Å². The van der Waals surface area contributed by atoms with Crippen LogP contribution in [0.5, 0.6) is 0 Å². The minimum absolute atomic E-state index is 1.03. The number of hydrogen-bond donors (Lipinski definition) is 0. The highest BCUT2D eigenvalue weighted by Gasteiger charge is 1.97. The van der Waals surface area contributed by atoms with Crippen LogP contribution in [0.3, 0.4) is 0 Å². The first-order valence-electron chi connectivity index (χ1n) is 3.99. The van der Waals surface area contributed by atoms with Crippen LogP contribution in [-0.4, -0.2) is 6.54 Å². The van der Waals surface area contributed by atoms with Gasteiger partial charge in [-0.1, -0.05) is 18.2 Å². The third-order valence-corrected chi connectivity index (χ3v) is 1.74. The van der Waals surface area contributed by atoms with Crippen LogP contribution in [0.25, 0.3) is 0 Å². The normalized spacial score (nSPS) is 9.64. The molecule has 1 nitrogen and oxygen atoms in total. The van der Waals surface area contributed by atoms with Crippen LogP contribution >= 0.6 is 0 Å². The van der Waals surface area contributed by atoms with Crippen LogP contribution in [0, 0.1) is 6.54 Å². The summed E-state index contributed by atoms with van der Waals surface area (Å²) in [6.45, 7) is 7.32. The molecular weight excluding hydrogens is 134 g/mol. The van der Waals surface area contributed by atoms with Gasteiger partial charge in [-0.3, -0.25) is 0 Å². The predicted molar refractivity (Wildman–Crippen MR) is 49.4 cm³/mol. The Labute approximate surface area is 68.7 Å². The van der Waals surface area contributed by atoms with Gasteiger partial charge in [0.05, 0.1) is 0 Å². The second-order valence-electron chi connectivity index (χ2n) is 2.38. The Morgan fingerprint density at radius 1 is 1.27 bits per heavy atom. The lowest BCUT2D eigenvalue weighted by molar-refractivity contribution is 0.949. The smallest absolute Gasteiger partial charge is 0.0462 e. The highest BCUT2D eigenvalue weighted by Crippen LogP contribution is 2.13. The van der Waals surface area contributed by atoms with E-state index in [-0.39, 0.29) is 0 Å². The molecule has 0 fully saturated rings. The second-order valence-corrected chi connectivity index (χ2v) is 2.38. The van der Waals surface area contributed by atoms with Crippen LogP contribution < -0.4 is 4.90 Å². The molecule has 0 aromatic heterocycles. The molecule has 0 unspecified atom stereocenters. The lowest BCUT2D eigenvalue weighted by atomic mass is 10.3. The molecule has 1 rings (SSSR count). The Hall–Kier alpha value is -0.980. The topological polar surface area (TPSA) is 3.24 Å². The zero-order chi connectivity index (χ0) is 8.10. The Morgan fingerprint density at radius 2 is 1.91 bits per heavy atom. The van der Waals surface area contributed by atoms with Gasteiger partial charge in [0.15, 0.2) is 0 Å². The van der Waals surface area contributed by atoms with Gasteiger partial charge in [0, 0.05) is 18.8 Å². The lowest BCUT2D eigenvalue weighted by Gasteiger charge is -2.19. The van der Waals surface area contributed by atoms with E-state index in [0.717, 1.165) is 6.54 Å². The summed E-state index contributed by atoms with van der Waals surface area (Å²) in [6, 6.07) is 10.4. The van der Waals surface area contributed by atoms with Crippen molar-refractivity contribution in [2.75, 3.05) is 11.4 Å². The van der Waals surface area contributed by atoms with E-state index < -0.39 is 0 Å². The van der Waals surface area contributed by atoms with E-state index in [1.807, 2.05) is 6.07 Å². The fraction of sp³-hybridized carbons (Fsp3) is 0.300. The second kappa shape index (κ2) is 4.02. The molecule has 1 aromatic rings. The molecule has 1 heteroatoms. The number of rotatable bonds is 3. The van der Waals surface area contributed by atoms with Crippen molar-refractivity contribution in [2.45, 2.75) is 13.8 Å². The largest absolute Gasteiger partial charge is 0.367 e. The minimum atomic E-state index is 1.03. The molecule has 0 spiro atoms. The Kier molecular flexibility index (Phi) is 2.96. The molecule has 0 atom stereocenters. The Morgan fingerprint density at radius 3 is 2.36 bits per heavy atom. The van der Waals surface area contributed by atoms with Crippen molar-refractivity contribution in [1.29, 1.82) is 0 Å². The molecule has 0 saturated carbocycles. The third kappa shape index (κ3) is 1.97. The van der Waals surface area contributed by atoms with Gasteiger partial charge in [0.2, 0.25) is 0 Å². The van der Waals surface area contributed by atoms with Gasteiger partial charge in [-0.15, -0.1) is 0 Å². The average molecular weight is 148 g/mol. The third-order valence-electron chi connectivity index (χ3n) is 1.74. The summed E-state index contributed by atoms with van der Waals surface area (Å²) >= 11 is 0. The van der Waals surface area contributed by atoms with E-state index >= 15 is 0 Å². The van der Waals surface area contributed by atoms with Gasteiger partial charge in [0.25, 0.3) is 0 Å². The first-order chi connectivity index (χ1) is 5.38. The van der Waals surface area contributed by atoms with Crippen molar-refractivity contribution < 1.29 is 0 Å². The van der Waals surface area contributed by atoms with Crippen molar-refractivity contribution in [3.63, 3.8) is 0 Å². The maximum Gasteiger partial charge on any atom is 0.0462 e. The summed E-state index contributed by atoms with van der Waals surface area (Å²) < 4.78 is 0. The molecule has 0 amide bonds. The summed E-state index contributed by atoms with van der Waals surface area (Å²) in [5.74, 6) is 0. The number of hydrogen-bond acceptors (Lipinski definition) is 1. The summed E-state index contributed by atoms with van der Waals surface area (Å²) in [5.41, 5.74) is 1.26. The van der Waals surface area contributed by atoms with Crippen LogP contribution in [0.2, 0.25) is 0 Å². The maximum atomic E-state index is 2.21. The quantitative estimate of drug-likeness (QED) is 0.637. The molecular formula is C10H14N. The highest BCUT2D eigenvalue weighted by molar-refractivity contribution is 5.47. The molecule has 59 valence electrons. The molecule has 0 aliphatic rings. The van der Waals surface area contributed by atoms with Crippen molar-refractivity contribution >= 4 is 5.69 Å². The lowest BCUT2D eigenvalue weighted by Crippen LogP contribution is -2.16. The fourth-order valence-electron chi connectivity index (χ4n) is 1.13. The molecule has 0 heterocycles. The number of benzene rings is 1. The fourth-order valence-corrected chi connectivity index (χ4v) is 1.13. The van der Waals surface area contributed by atoms with Gasteiger partial charge >= 0.3 is 0 Å². The van der Waals surface area contributed by atoms with E-state index in [2.05, 4.69) is 49.6 Å². The van der Waals surface area contributed by atoms with Crippen LogP contribution in [0.1, 0.15) is 13.8 Å². The van der Waals surface area contributed by atoms with Gasteiger partial charge < -0.3 is 4.90 Å². The minimum Gasteiger partial charge on any atom is -0.367 e. The van der Waals surface area contributed by atoms with E-state index in [4.69, 9.17) is 0 Å². The molecule has 0 N–H and O–H groups in total. The van der Waals surface area contributed by atoms with Crippen molar-refractivity contribution in [1.82, 2.24) is 0 Å². The van der Waals surface area contributed by atoms with Crippen LogP contribution in [0.4, 0.5) is 5.69 Å². The van der Waals surface area contributed by atoms with E-state index in [0.29, 0.717) is 0 Å². The van der Waals surface area contributed by atoms with E-state index in [1.165, 1.54) is 5.69 Å². The van der Waals surface area contributed by atoms with Gasteiger partial charge in [-0.05, 0) is 26.0 Å². The van der Waals surface area contributed by atoms with E-state index in [1.54, 1.807) is 0 Å². The monoisotopic (exact) mass is 148 g/mol. The SMILES string of the molecule is C[CH]N(CC)c1ccccc1. The number of para-hydroxylation sites is 1. The molecule has 1 aromatic carbocycles.